The van der Waals surface area contributed by atoms with Crippen molar-refractivity contribution < 1.29 is 14.2 Å². The molecule has 0 unspecified atom stereocenters. The van der Waals surface area contributed by atoms with Gasteiger partial charge in [0.2, 0.25) is 0 Å². The van der Waals surface area contributed by atoms with E-state index in [4.69, 9.17) is 37.4 Å². The van der Waals surface area contributed by atoms with Crippen molar-refractivity contribution in [2.75, 3.05) is 27.1 Å². The Morgan fingerprint density at radius 3 is 2.46 bits per heavy atom. The first-order valence-corrected chi connectivity index (χ1v) is 10.4. The van der Waals surface area contributed by atoms with Crippen LogP contribution in [0.4, 0.5) is 0 Å². The van der Waals surface area contributed by atoms with Crippen LogP contribution in [0.1, 0.15) is 51.7 Å². The van der Waals surface area contributed by atoms with Crippen molar-refractivity contribution in [3.63, 3.8) is 0 Å². The predicted octanol–water partition coefficient (Wildman–Crippen LogP) is 6.40. The van der Waals surface area contributed by atoms with E-state index < -0.39 is 0 Å². The van der Waals surface area contributed by atoms with Crippen LogP contribution in [-0.4, -0.2) is 27.1 Å². The highest BCUT2D eigenvalue weighted by atomic mass is 35.5. The molecule has 3 nitrogen and oxygen atoms in total. The van der Waals surface area contributed by atoms with Crippen LogP contribution in [0.3, 0.4) is 0 Å². The zero-order chi connectivity index (χ0) is 19.4. The number of thioether (sulfide) groups is 1. The van der Waals surface area contributed by atoms with Crippen molar-refractivity contribution >= 4 is 35.0 Å². The van der Waals surface area contributed by atoms with Crippen molar-refractivity contribution in [1.82, 2.24) is 0 Å². The Hall–Kier alpha value is -0.390. The summed E-state index contributed by atoms with van der Waals surface area (Å²) in [5, 5.41) is 1.73. The lowest BCUT2D eigenvalue weighted by atomic mass is 9.63. The Labute approximate surface area is 171 Å². The van der Waals surface area contributed by atoms with Crippen LogP contribution in [0.25, 0.3) is 0 Å². The van der Waals surface area contributed by atoms with Crippen molar-refractivity contribution in [3.05, 3.63) is 33.2 Å². The molecule has 26 heavy (non-hydrogen) atoms. The fourth-order valence-corrected chi connectivity index (χ4v) is 4.16. The molecule has 0 aliphatic heterocycles. The lowest BCUT2D eigenvalue weighted by Gasteiger charge is -2.42. The van der Waals surface area contributed by atoms with E-state index in [1.54, 1.807) is 12.5 Å². The maximum atomic E-state index is 6.05. The molecule has 6 heteroatoms. The van der Waals surface area contributed by atoms with E-state index in [0.717, 1.165) is 23.5 Å². The minimum absolute atomic E-state index is 0.0515. The molecule has 0 atom stereocenters. The van der Waals surface area contributed by atoms with E-state index in [1.807, 2.05) is 0 Å². The number of hydrogen-bond acceptors (Lipinski definition) is 4. The summed E-state index contributed by atoms with van der Waals surface area (Å²) in [6.45, 7) is 10.4. The van der Waals surface area contributed by atoms with Gasteiger partial charge in [-0.05, 0) is 41.4 Å². The van der Waals surface area contributed by atoms with E-state index in [0.29, 0.717) is 13.2 Å². The summed E-state index contributed by atoms with van der Waals surface area (Å²) < 4.78 is 16.8. The standard InChI is InChI=1S/C20H28Cl2O3S/c1-19(2)6-7-20(3,4)18-15(19)10-14(26-12-17(21)22)11-16(18)25-13-24-9-8-23-5/h10-12H,6-9,13H2,1-5H3. The van der Waals surface area contributed by atoms with Gasteiger partial charge in [-0.1, -0.05) is 62.7 Å². The molecular formula is C20H28Cl2O3S. The van der Waals surface area contributed by atoms with Crippen molar-refractivity contribution in [3.8, 4) is 5.75 Å². The second-order valence-electron chi connectivity index (χ2n) is 7.80. The Morgan fingerprint density at radius 2 is 1.81 bits per heavy atom. The molecule has 1 aromatic rings. The van der Waals surface area contributed by atoms with Gasteiger partial charge in [0.25, 0.3) is 0 Å². The van der Waals surface area contributed by atoms with Gasteiger partial charge in [-0.2, -0.15) is 0 Å². The first-order chi connectivity index (χ1) is 12.2. The lowest BCUT2D eigenvalue weighted by Crippen LogP contribution is -2.34. The summed E-state index contributed by atoms with van der Waals surface area (Å²) in [6, 6.07) is 4.30. The van der Waals surface area contributed by atoms with Crippen LogP contribution in [0.2, 0.25) is 0 Å². The van der Waals surface area contributed by atoms with Crippen LogP contribution < -0.4 is 4.74 Å². The molecule has 0 N–H and O–H groups in total. The average molecular weight is 419 g/mol. The van der Waals surface area contributed by atoms with Crippen LogP contribution in [-0.2, 0) is 20.3 Å². The molecule has 0 aromatic heterocycles. The third-order valence-corrected chi connectivity index (χ3v) is 6.21. The number of halogens is 2. The van der Waals surface area contributed by atoms with Gasteiger partial charge in [-0.15, -0.1) is 0 Å². The molecule has 0 radical (unpaired) electrons. The molecule has 0 saturated heterocycles. The zero-order valence-corrected chi connectivity index (χ0v) is 18.5. The van der Waals surface area contributed by atoms with Crippen molar-refractivity contribution in [1.29, 1.82) is 0 Å². The number of rotatable bonds is 8. The second kappa shape index (κ2) is 9.20. The van der Waals surface area contributed by atoms with Gasteiger partial charge in [0, 0.05) is 23.0 Å². The first-order valence-electron chi connectivity index (χ1n) is 8.74. The Bertz CT molecular complexity index is 653. The molecule has 1 aromatic carbocycles. The van der Waals surface area contributed by atoms with Crippen LogP contribution in [0, 0.1) is 0 Å². The number of benzene rings is 1. The van der Waals surface area contributed by atoms with Crippen molar-refractivity contribution in [2.24, 2.45) is 0 Å². The zero-order valence-electron chi connectivity index (χ0n) is 16.2. The molecule has 0 heterocycles. The molecular weight excluding hydrogens is 391 g/mol. The molecule has 0 spiro atoms. The van der Waals surface area contributed by atoms with Gasteiger partial charge in [0.05, 0.1) is 13.2 Å². The van der Waals surface area contributed by atoms with Gasteiger partial charge in [-0.25, -0.2) is 0 Å². The Balaban J connectivity index is 2.39. The van der Waals surface area contributed by atoms with E-state index in [2.05, 4.69) is 39.8 Å². The maximum absolute atomic E-state index is 6.05. The molecule has 0 bridgehead atoms. The van der Waals surface area contributed by atoms with Crippen LogP contribution >= 0.6 is 35.0 Å². The maximum Gasteiger partial charge on any atom is 0.189 e. The largest absolute Gasteiger partial charge is 0.467 e. The molecule has 1 aliphatic carbocycles. The first kappa shape index (κ1) is 21.9. The number of ether oxygens (including phenoxy) is 3. The minimum atomic E-state index is 0.0515. The fraction of sp³-hybridized carbons (Fsp3) is 0.600. The number of methoxy groups -OCH3 is 1. The van der Waals surface area contributed by atoms with Crippen molar-refractivity contribution in [2.45, 2.75) is 56.3 Å². The third-order valence-electron chi connectivity index (χ3n) is 4.87. The summed E-state index contributed by atoms with van der Waals surface area (Å²) in [7, 11) is 1.65. The number of hydrogen-bond donors (Lipinski definition) is 0. The summed E-state index contributed by atoms with van der Waals surface area (Å²) in [5.74, 6) is 0.874. The van der Waals surface area contributed by atoms with Crippen LogP contribution in [0.5, 0.6) is 5.75 Å². The average Bonchev–Trinajstić information content (AvgIpc) is 2.56. The fourth-order valence-electron chi connectivity index (χ4n) is 3.31. The topological polar surface area (TPSA) is 27.7 Å². The molecule has 1 aliphatic rings. The quantitative estimate of drug-likeness (QED) is 0.277. The van der Waals surface area contributed by atoms with Gasteiger partial charge in [0.15, 0.2) is 6.79 Å². The number of fused-ring (bicyclic) bond motifs is 1. The monoisotopic (exact) mass is 418 g/mol. The van der Waals surface area contributed by atoms with Gasteiger partial charge in [-0.3, -0.25) is 0 Å². The normalized spacial score (nSPS) is 17.5. The summed E-state index contributed by atoms with van der Waals surface area (Å²) in [4.78, 5) is 1.06. The summed E-state index contributed by atoms with van der Waals surface area (Å²) in [5.41, 5.74) is 2.74. The highest BCUT2D eigenvalue weighted by Crippen LogP contribution is 2.50. The minimum Gasteiger partial charge on any atom is -0.467 e. The molecule has 146 valence electrons. The van der Waals surface area contributed by atoms with Gasteiger partial charge in [0.1, 0.15) is 10.2 Å². The van der Waals surface area contributed by atoms with Crippen LogP contribution in [0.15, 0.2) is 26.9 Å². The molecule has 2 rings (SSSR count). The van der Waals surface area contributed by atoms with E-state index in [9.17, 15) is 0 Å². The summed E-state index contributed by atoms with van der Waals surface area (Å²) >= 11 is 13.1. The van der Waals surface area contributed by atoms with E-state index >= 15 is 0 Å². The highest BCUT2D eigenvalue weighted by Gasteiger charge is 2.39. The molecule has 0 amide bonds. The van der Waals surface area contributed by atoms with E-state index in [1.165, 1.54) is 22.9 Å². The molecule has 0 fully saturated rings. The smallest absolute Gasteiger partial charge is 0.189 e. The van der Waals surface area contributed by atoms with Gasteiger partial charge < -0.3 is 14.2 Å². The lowest BCUT2D eigenvalue weighted by molar-refractivity contribution is -0.00962. The third kappa shape index (κ3) is 5.56. The van der Waals surface area contributed by atoms with Gasteiger partial charge >= 0.3 is 0 Å². The van der Waals surface area contributed by atoms with E-state index in [-0.39, 0.29) is 22.1 Å². The summed E-state index contributed by atoms with van der Waals surface area (Å²) in [6.07, 6.45) is 2.25. The Kier molecular flexibility index (Phi) is 7.75. The second-order valence-corrected chi connectivity index (χ2v) is 9.75. The highest BCUT2D eigenvalue weighted by molar-refractivity contribution is 8.02. The molecule has 0 saturated carbocycles. The SMILES string of the molecule is COCCOCOc1cc(SC=C(Cl)Cl)cc2c1C(C)(C)CCC2(C)C. The predicted molar refractivity (Wildman–Crippen MR) is 111 cm³/mol. The Morgan fingerprint density at radius 1 is 1.12 bits per heavy atom.